The van der Waals surface area contributed by atoms with Crippen LogP contribution < -0.4 is 4.74 Å². The molecule has 1 amide bonds. The monoisotopic (exact) mass is 293 g/mol. The van der Waals surface area contributed by atoms with E-state index in [4.69, 9.17) is 4.74 Å². The molecule has 0 spiro atoms. The Kier molecular flexibility index (Phi) is 6.72. The minimum absolute atomic E-state index is 0.0517. The highest BCUT2D eigenvalue weighted by atomic mass is 16.5. The van der Waals surface area contributed by atoms with Crippen LogP contribution in [0.1, 0.15) is 24.0 Å². The second kappa shape index (κ2) is 8.29. The quantitative estimate of drug-likeness (QED) is 0.722. The second-order valence-electron chi connectivity index (χ2n) is 5.01. The average Bonchev–Trinajstić information content (AvgIpc) is 2.47. The second-order valence-corrected chi connectivity index (χ2v) is 5.01. The maximum Gasteiger partial charge on any atom is 0.307 e. The van der Waals surface area contributed by atoms with E-state index in [9.17, 15) is 9.59 Å². The van der Waals surface area contributed by atoms with Gasteiger partial charge in [0.15, 0.2) is 0 Å². The molecule has 116 valence electrons. The predicted molar refractivity (Wildman–Crippen MR) is 80.3 cm³/mol. The van der Waals surface area contributed by atoms with E-state index in [1.165, 1.54) is 12.0 Å². The fraction of sp³-hybridized carbons (Fsp3) is 0.500. The Labute approximate surface area is 125 Å². The van der Waals surface area contributed by atoms with Crippen LogP contribution in [0, 0.1) is 13.8 Å². The summed E-state index contributed by atoms with van der Waals surface area (Å²) in [7, 11) is 3.01. The molecule has 1 aromatic carbocycles. The number of hydrogen-bond acceptors (Lipinski definition) is 4. The summed E-state index contributed by atoms with van der Waals surface area (Å²) in [5.41, 5.74) is 2.17. The SMILES string of the molecule is COC(=O)CCN(C)C(=O)CCOc1cc(C)ccc1C. The number of carbonyl (C=O) groups excluding carboxylic acids is 2. The summed E-state index contributed by atoms with van der Waals surface area (Å²) in [6.45, 7) is 4.65. The van der Waals surface area contributed by atoms with Gasteiger partial charge >= 0.3 is 5.97 Å². The Balaban J connectivity index is 2.36. The third kappa shape index (κ3) is 5.85. The van der Waals surface area contributed by atoms with Crippen molar-refractivity contribution >= 4 is 11.9 Å². The van der Waals surface area contributed by atoms with E-state index in [1.54, 1.807) is 7.05 Å². The lowest BCUT2D eigenvalue weighted by Gasteiger charge is -2.17. The molecule has 5 heteroatoms. The number of rotatable bonds is 7. The van der Waals surface area contributed by atoms with E-state index in [2.05, 4.69) is 4.74 Å². The summed E-state index contributed by atoms with van der Waals surface area (Å²) < 4.78 is 10.2. The van der Waals surface area contributed by atoms with Crippen molar-refractivity contribution in [2.75, 3.05) is 27.3 Å². The minimum atomic E-state index is -0.318. The van der Waals surface area contributed by atoms with Gasteiger partial charge in [-0.1, -0.05) is 12.1 Å². The zero-order valence-corrected chi connectivity index (χ0v) is 13.1. The van der Waals surface area contributed by atoms with Crippen molar-refractivity contribution in [2.45, 2.75) is 26.7 Å². The first-order valence-corrected chi connectivity index (χ1v) is 6.95. The summed E-state index contributed by atoms with van der Waals surface area (Å²) in [4.78, 5) is 24.4. The first-order chi connectivity index (χ1) is 9.93. The zero-order valence-electron chi connectivity index (χ0n) is 13.1. The number of hydrogen-bond donors (Lipinski definition) is 0. The minimum Gasteiger partial charge on any atom is -0.493 e. The molecule has 0 unspecified atom stereocenters. The molecule has 0 saturated carbocycles. The molecule has 0 aliphatic carbocycles. The van der Waals surface area contributed by atoms with Crippen molar-refractivity contribution in [1.29, 1.82) is 0 Å². The molecule has 0 aliphatic rings. The first-order valence-electron chi connectivity index (χ1n) is 6.95. The van der Waals surface area contributed by atoms with Crippen molar-refractivity contribution in [3.8, 4) is 5.75 Å². The van der Waals surface area contributed by atoms with Gasteiger partial charge in [-0.05, 0) is 31.0 Å². The van der Waals surface area contributed by atoms with E-state index in [1.807, 2.05) is 32.0 Å². The lowest BCUT2D eigenvalue weighted by molar-refractivity contribution is -0.141. The number of amides is 1. The van der Waals surface area contributed by atoms with Crippen LogP contribution in [0.5, 0.6) is 5.75 Å². The smallest absolute Gasteiger partial charge is 0.307 e. The zero-order chi connectivity index (χ0) is 15.8. The Bertz CT molecular complexity index is 499. The molecule has 1 aromatic rings. The molecule has 0 bridgehead atoms. The highest BCUT2D eigenvalue weighted by Crippen LogP contribution is 2.19. The summed E-state index contributed by atoms with van der Waals surface area (Å²) in [5, 5.41) is 0. The molecule has 0 atom stereocenters. The van der Waals surface area contributed by atoms with E-state index >= 15 is 0 Å². The fourth-order valence-corrected chi connectivity index (χ4v) is 1.79. The summed E-state index contributed by atoms with van der Waals surface area (Å²) >= 11 is 0. The summed E-state index contributed by atoms with van der Waals surface area (Å²) in [5.74, 6) is 0.436. The fourth-order valence-electron chi connectivity index (χ4n) is 1.79. The van der Waals surface area contributed by atoms with Crippen molar-refractivity contribution in [2.24, 2.45) is 0 Å². The van der Waals surface area contributed by atoms with Crippen LogP contribution in [0.25, 0.3) is 0 Å². The molecular formula is C16H23NO4. The van der Waals surface area contributed by atoms with E-state index in [0.29, 0.717) is 13.2 Å². The molecule has 1 rings (SSSR count). The van der Waals surface area contributed by atoms with Gasteiger partial charge in [-0.2, -0.15) is 0 Å². The molecule has 0 aliphatic heterocycles. The lowest BCUT2D eigenvalue weighted by atomic mass is 10.1. The van der Waals surface area contributed by atoms with Gasteiger partial charge in [0.25, 0.3) is 0 Å². The van der Waals surface area contributed by atoms with Crippen LogP contribution in [0.15, 0.2) is 18.2 Å². The highest BCUT2D eigenvalue weighted by Gasteiger charge is 2.11. The Morgan fingerprint density at radius 3 is 2.57 bits per heavy atom. The molecule has 0 saturated heterocycles. The number of nitrogens with zero attached hydrogens (tertiary/aromatic N) is 1. The standard InChI is InChI=1S/C16H23NO4/c1-12-5-6-13(2)14(11-12)21-10-8-15(18)17(3)9-7-16(19)20-4/h5-6,11H,7-10H2,1-4H3. The van der Waals surface area contributed by atoms with Gasteiger partial charge < -0.3 is 14.4 Å². The van der Waals surface area contributed by atoms with Crippen molar-refractivity contribution in [1.82, 2.24) is 4.90 Å². The van der Waals surface area contributed by atoms with E-state index in [0.717, 1.165) is 16.9 Å². The van der Waals surface area contributed by atoms with Crippen LogP contribution in [0.4, 0.5) is 0 Å². The van der Waals surface area contributed by atoms with Gasteiger partial charge in [0, 0.05) is 13.6 Å². The topological polar surface area (TPSA) is 55.8 Å². The molecule has 0 aromatic heterocycles. The van der Waals surface area contributed by atoms with Crippen molar-refractivity contribution < 1.29 is 19.1 Å². The van der Waals surface area contributed by atoms with Gasteiger partial charge in [0.05, 0.1) is 26.6 Å². The molecule has 5 nitrogen and oxygen atoms in total. The third-order valence-corrected chi connectivity index (χ3v) is 3.22. The number of carbonyl (C=O) groups is 2. The molecule has 0 radical (unpaired) electrons. The maximum absolute atomic E-state index is 11.9. The number of methoxy groups -OCH3 is 1. The van der Waals surface area contributed by atoms with E-state index < -0.39 is 0 Å². The number of benzene rings is 1. The maximum atomic E-state index is 11.9. The normalized spacial score (nSPS) is 10.1. The molecular weight excluding hydrogens is 270 g/mol. The summed E-state index contributed by atoms with van der Waals surface area (Å²) in [6.07, 6.45) is 0.488. The Hall–Kier alpha value is -2.04. The van der Waals surface area contributed by atoms with Crippen LogP contribution in [0.3, 0.4) is 0 Å². The largest absolute Gasteiger partial charge is 0.493 e. The average molecular weight is 293 g/mol. The number of ether oxygens (including phenoxy) is 2. The van der Waals surface area contributed by atoms with E-state index in [-0.39, 0.29) is 24.7 Å². The van der Waals surface area contributed by atoms with Crippen molar-refractivity contribution in [3.05, 3.63) is 29.3 Å². The predicted octanol–water partition coefficient (Wildman–Crippen LogP) is 2.09. The third-order valence-electron chi connectivity index (χ3n) is 3.22. The number of esters is 1. The van der Waals surface area contributed by atoms with Gasteiger partial charge in [-0.3, -0.25) is 9.59 Å². The van der Waals surface area contributed by atoms with Gasteiger partial charge in [0.1, 0.15) is 5.75 Å². The lowest BCUT2D eigenvalue weighted by Crippen LogP contribution is -2.30. The van der Waals surface area contributed by atoms with Crippen LogP contribution in [-0.4, -0.2) is 44.1 Å². The molecule has 0 heterocycles. The highest BCUT2D eigenvalue weighted by molar-refractivity contribution is 5.77. The number of aryl methyl sites for hydroxylation is 2. The summed E-state index contributed by atoms with van der Waals surface area (Å²) in [6, 6.07) is 5.98. The van der Waals surface area contributed by atoms with Crippen LogP contribution in [0.2, 0.25) is 0 Å². The Morgan fingerprint density at radius 1 is 1.19 bits per heavy atom. The van der Waals surface area contributed by atoms with Crippen LogP contribution in [-0.2, 0) is 14.3 Å². The van der Waals surface area contributed by atoms with Gasteiger partial charge in [-0.25, -0.2) is 0 Å². The molecule has 0 N–H and O–H groups in total. The Morgan fingerprint density at radius 2 is 1.90 bits per heavy atom. The van der Waals surface area contributed by atoms with Gasteiger partial charge in [0.2, 0.25) is 5.91 Å². The van der Waals surface area contributed by atoms with Crippen LogP contribution >= 0.6 is 0 Å². The molecule has 21 heavy (non-hydrogen) atoms. The molecule has 0 fully saturated rings. The van der Waals surface area contributed by atoms with Crippen molar-refractivity contribution in [3.63, 3.8) is 0 Å². The first kappa shape index (κ1) is 17.0. The van der Waals surface area contributed by atoms with Gasteiger partial charge in [-0.15, -0.1) is 0 Å².